The van der Waals surface area contributed by atoms with Crippen LogP contribution in [0, 0.1) is 0 Å². The summed E-state index contributed by atoms with van der Waals surface area (Å²) in [7, 11) is -4.98. The monoisotopic (exact) mass is 287 g/mol. The maximum atomic E-state index is 9.50. The molecule has 12 heteroatoms. The molecule has 0 radical (unpaired) electrons. The van der Waals surface area contributed by atoms with Crippen molar-refractivity contribution in [3.8, 4) is 0 Å². The molecule has 5 atom stereocenters. The van der Waals surface area contributed by atoms with Gasteiger partial charge in [0.2, 0.25) is 0 Å². The van der Waals surface area contributed by atoms with Gasteiger partial charge < -0.3 is 0 Å². The Labute approximate surface area is 101 Å². The van der Waals surface area contributed by atoms with Crippen LogP contribution in [0.5, 0.6) is 0 Å². The van der Waals surface area contributed by atoms with Gasteiger partial charge in [0.15, 0.2) is 0 Å². The van der Waals surface area contributed by atoms with E-state index in [1.807, 2.05) is 0 Å². The van der Waals surface area contributed by atoms with E-state index in [4.69, 9.17) is 24.9 Å². The summed E-state index contributed by atoms with van der Waals surface area (Å²) in [6.07, 6.45) is -8.08. The minimum atomic E-state index is -4.98. The predicted molar refractivity (Wildman–Crippen MR) is 56.8 cm³/mol. The molecule has 18 heavy (non-hydrogen) atoms. The van der Waals surface area contributed by atoms with Crippen LogP contribution in [-0.4, -0.2) is 67.3 Å². The molecule has 0 aromatic carbocycles. The SMILES string of the molecule is [N-]=[N+]=NCC1O[C@H](O[PH](O)(O)O)C(O)C(O)[C@H]1O. The summed E-state index contributed by atoms with van der Waals surface area (Å²) in [6.45, 7) is -0.377. The van der Waals surface area contributed by atoms with E-state index < -0.39 is 38.9 Å². The second-order valence-electron chi connectivity index (χ2n) is 3.62. The Morgan fingerprint density at radius 2 is 1.78 bits per heavy atom. The van der Waals surface area contributed by atoms with Gasteiger partial charge in [0.25, 0.3) is 0 Å². The zero-order valence-corrected chi connectivity index (χ0v) is 9.94. The Morgan fingerprint density at radius 3 is 2.28 bits per heavy atom. The molecule has 0 amide bonds. The van der Waals surface area contributed by atoms with Crippen LogP contribution in [0.25, 0.3) is 10.4 Å². The molecular weight excluding hydrogens is 273 g/mol. The first kappa shape index (κ1) is 15.5. The number of ether oxygens (including phenoxy) is 1. The van der Waals surface area contributed by atoms with Gasteiger partial charge in [-0.3, -0.25) is 0 Å². The topological polar surface area (TPSA) is 189 Å². The second kappa shape index (κ2) is 6.04. The molecule has 0 bridgehead atoms. The molecule has 3 unspecified atom stereocenters. The van der Waals surface area contributed by atoms with Crippen LogP contribution in [0.2, 0.25) is 0 Å². The van der Waals surface area contributed by atoms with Gasteiger partial charge in [0.05, 0.1) is 0 Å². The van der Waals surface area contributed by atoms with E-state index in [1.165, 1.54) is 0 Å². The molecule has 1 saturated heterocycles. The summed E-state index contributed by atoms with van der Waals surface area (Å²) in [5.41, 5.74) is 8.12. The first-order valence-corrected chi connectivity index (χ1v) is 6.56. The molecule has 0 aromatic heterocycles. The Balaban J connectivity index is 2.76. The van der Waals surface area contributed by atoms with Crippen molar-refractivity contribution in [2.75, 3.05) is 6.54 Å². The fourth-order valence-corrected chi connectivity index (χ4v) is 1.94. The summed E-state index contributed by atoms with van der Waals surface area (Å²) >= 11 is 0. The predicted octanol–water partition coefficient (Wildman–Crippen LogP) is -2.49. The van der Waals surface area contributed by atoms with E-state index in [9.17, 15) is 15.3 Å². The third kappa shape index (κ3) is 3.97. The van der Waals surface area contributed by atoms with Crippen molar-refractivity contribution in [2.45, 2.75) is 30.7 Å². The average molecular weight is 287 g/mol. The van der Waals surface area contributed by atoms with Crippen LogP contribution in [0.15, 0.2) is 5.11 Å². The quantitative estimate of drug-likeness (QED) is 0.141. The average Bonchev–Trinajstić information content (AvgIpc) is 2.27. The molecule has 0 aliphatic carbocycles. The zero-order chi connectivity index (χ0) is 13.9. The standard InChI is InChI=1S/C6H14N3O8P/c7-9-8-1-2-3(10)4(11)5(12)6(16-2)17-18(13,14)15/h2-6,10-15,18H,1H2/t2?,3-,4?,5?,6+/m0/s1. The first-order valence-electron chi connectivity index (χ1n) is 4.81. The van der Waals surface area contributed by atoms with Crippen LogP contribution >= 0.6 is 8.17 Å². The summed E-state index contributed by atoms with van der Waals surface area (Å²) in [6, 6.07) is 0. The molecule has 1 rings (SSSR count). The third-order valence-corrected chi connectivity index (χ3v) is 2.82. The van der Waals surface area contributed by atoms with E-state index >= 15 is 0 Å². The van der Waals surface area contributed by atoms with Gasteiger partial charge in [-0.05, 0) is 0 Å². The van der Waals surface area contributed by atoms with Crippen molar-refractivity contribution in [3.05, 3.63) is 10.4 Å². The number of nitrogens with zero attached hydrogens (tertiary/aromatic N) is 3. The summed E-state index contributed by atoms with van der Waals surface area (Å²) < 4.78 is 9.11. The van der Waals surface area contributed by atoms with Crippen LogP contribution in [0.3, 0.4) is 0 Å². The number of aliphatic hydroxyl groups excluding tert-OH is 3. The van der Waals surface area contributed by atoms with Crippen LogP contribution in [-0.2, 0) is 9.26 Å². The molecule has 11 nitrogen and oxygen atoms in total. The van der Waals surface area contributed by atoms with Crippen LogP contribution in [0.4, 0.5) is 0 Å². The van der Waals surface area contributed by atoms with Crippen molar-refractivity contribution >= 4 is 8.17 Å². The van der Waals surface area contributed by atoms with Crippen molar-refractivity contribution < 1.29 is 39.3 Å². The number of aliphatic hydroxyl groups is 3. The summed E-state index contributed by atoms with van der Waals surface area (Å²) in [4.78, 5) is 28.6. The molecule has 0 spiro atoms. The molecule has 0 aromatic rings. The summed E-state index contributed by atoms with van der Waals surface area (Å²) in [5.74, 6) is 0. The maximum absolute atomic E-state index is 9.50. The first-order chi connectivity index (χ1) is 8.26. The second-order valence-corrected chi connectivity index (χ2v) is 5.00. The van der Waals surface area contributed by atoms with Gasteiger partial charge in [-0.1, -0.05) is 0 Å². The Morgan fingerprint density at radius 1 is 1.17 bits per heavy atom. The van der Waals surface area contributed by atoms with Crippen molar-refractivity contribution in [2.24, 2.45) is 5.11 Å². The van der Waals surface area contributed by atoms with E-state index in [2.05, 4.69) is 14.5 Å². The van der Waals surface area contributed by atoms with Gasteiger partial charge >= 0.3 is 100 Å². The normalized spacial score (nSPS) is 38.0. The summed E-state index contributed by atoms with van der Waals surface area (Å²) in [5, 5.41) is 31.5. The fraction of sp³-hybridized carbons (Fsp3) is 1.00. The van der Waals surface area contributed by atoms with Crippen molar-refractivity contribution in [3.63, 3.8) is 0 Å². The molecule has 1 fully saturated rings. The van der Waals surface area contributed by atoms with Crippen molar-refractivity contribution in [1.29, 1.82) is 0 Å². The van der Waals surface area contributed by atoms with Crippen LogP contribution in [0.1, 0.15) is 0 Å². The van der Waals surface area contributed by atoms with Crippen molar-refractivity contribution in [1.82, 2.24) is 0 Å². The molecule has 0 saturated carbocycles. The van der Waals surface area contributed by atoms with E-state index in [1.54, 1.807) is 0 Å². The molecule has 6 N–H and O–H groups in total. The van der Waals surface area contributed by atoms with Gasteiger partial charge in [0.1, 0.15) is 0 Å². The van der Waals surface area contributed by atoms with Gasteiger partial charge in [-0.2, -0.15) is 0 Å². The molecule has 1 aliphatic heterocycles. The molecular formula is C6H14N3O8P. The zero-order valence-electron chi connectivity index (χ0n) is 8.94. The minimum absolute atomic E-state index is 0.377. The fourth-order valence-electron chi connectivity index (χ4n) is 1.44. The third-order valence-electron chi connectivity index (χ3n) is 2.27. The van der Waals surface area contributed by atoms with Crippen LogP contribution < -0.4 is 0 Å². The Bertz CT molecular complexity index is 331. The Hall–Kier alpha value is -0.580. The molecule has 106 valence electrons. The Kier molecular flexibility index (Phi) is 5.20. The number of azide groups is 1. The van der Waals surface area contributed by atoms with Gasteiger partial charge in [0, 0.05) is 0 Å². The van der Waals surface area contributed by atoms with E-state index in [-0.39, 0.29) is 6.54 Å². The molecule has 1 heterocycles. The number of rotatable bonds is 4. The van der Waals surface area contributed by atoms with E-state index in [0.717, 1.165) is 0 Å². The number of hydrogen-bond acceptors (Lipinski definition) is 9. The van der Waals surface area contributed by atoms with Gasteiger partial charge in [-0.15, -0.1) is 0 Å². The number of hydrogen-bond donors (Lipinski definition) is 6. The van der Waals surface area contributed by atoms with Gasteiger partial charge in [-0.25, -0.2) is 0 Å². The molecule has 1 aliphatic rings. The van der Waals surface area contributed by atoms with E-state index in [0.29, 0.717) is 0 Å².